The minimum Gasteiger partial charge on any atom is -0.307 e. The van der Waals surface area contributed by atoms with Gasteiger partial charge in [-0.05, 0) is 19.1 Å². The molecule has 0 aliphatic rings. The lowest BCUT2D eigenvalue weighted by Crippen LogP contribution is -2.13. The van der Waals surface area contributed by atoms with Crippen LogP contribution in [0.3, 0.4) is 0 Å². The molecule has 1 N–H and O–H groups in total. The van der Waals surface area contributed by atoms with Crippen LogP contribution in [0.2, 0.25) is 0 Å². The minimum atomic E-state index is -0.609. The van der Waals surface area contributed by atoms with Crippen molar-refractivity contribution in [3.05, 3.63) is 67.9 Å². The molecule has 22 heavy (non-hydrogen) atoms. The summed E-state index contributed by atoms with van der Waals surface area (Å²) in [6.45, 7) is 1.57. The number of nitrogens with zero attached hydrogens (tertiary/aromatic N) is 3. The standard InChI is InChI=1S/C13H10N4O5/c1-8-2-3-9(6-11(8)17(21)22)13(18)15-12-5-4-10(7-14-12)16(19)20/h2-7H,1H3,(H,14,15,18). The van der Waals surface area contributed by atoms with Gasteiger partial charge in [0.05, 0.1) is 9.85 Å². The van der Waals surface area contributed by atoms with Gasteiger partial charge in [-0.1, -0.05) is 6.07 Å². The third-order valence-electron chi connectivity index (χ3n) is 2.87. The number of nitro groups is 2. The maximum absolute atomic E-state index is 12.0. The van der Waals surface area contributed by atoms with E-state index in [1.807, 2.05) is 0 Å². The lowest BCUT2D eigenvalue weighted by Gasteiger charge is -2.05. The maximum atomic E-state index is 12.0. The van der Waals surface area contributed by atoms with E-state index in [0.29, 0.717) is 5.56 Å². The van der Waals surface area contributed by atoms with Crippen LogP contribution in [0.1, 0.15) is 15.9 Å². The Kier molecular flexibility index (Phi) is 4.07. The van der Waals surface area contributed by atoms with Gasteiger partial charge < -0.3 is 5.32 Å². The number of hydrogen-bond acceptors (Lipinski definition) is 6. The molecule has 0 saturated heterocycles. The highest BCUT2D eigenvalue weighted by molar-refractivity contribution is 6.04. The lowest BCUT2D eigenvalue weighted by molar-refractivity contribution is -0.385. The molecule has 112 valence electrons. The van der Waals surface area contributed by atoms with Crippen molar-refractivity contribution in [3.8, 4) is 0 Å². The summed E-state index contributed by atoms with van der Waals surface area (Å²) in [4.78, 5) is 35.9. The molecule has 1 amide bonds. The zero-order valence-corrected chi connectivity index (χ0v) is 11.3. The average molecular weight is 302 g/mol. The van der Waals surface area contributed by atoms with E-state index in [0.717, 1.165) is 12.3 Å². The number of aromatic nitrogens is 1. The monoisotopic (exact) mass is 302 g/mol. The molecule has 2 rings (SSSR count). The highest BCUT2D eigenvalue weighted by atomic mass is 16.6. The predicted molar refractivity (Wildman–Crippen MR) is 76.7 cm³/mol. The average Bonchev–Trinajstić information content (AvgIpc) is 2.47. The maximum Gasteiger partial charge on any atom is 0.287 e. The summed E-state index contributed by atoms with van der Waals surface area (Å²) in [6, 6.07) is 6.55. The van der Waals surface area contributed by atoms with Crippen molar-refractivity contribution in [3.63, 3.8) is 0 Å². The number of anilines is 1. The number of carbonyl (C=O) groups is 1. The van der Waals surface area contributed by atoms with Crippen molar-refractivity contribution in [2.45, 2.75) is 6.92 Å². The van der Waals surface area contributed by atoms with E-state index in [4.69, 9.17) is 0 Å². The molecule has 0 fully saturated rings. The van der Waals surface area contributed by atoms with Gasteiger partial charge in [-0.2, -0.15) is 0 Å². The molecule has 1 heterocycles. The number of hydrogen-bond donors (Lipinski definition) is 1. The highest BCUT2D eigenvalue weighted by Crippen LogP contribution is 2.20. The van der Waals surface area contributed by atoms with E-state index in [1.165, 1.54) is 24.3 Å². The molecule has 0 aliphatic carbocycles. The third-order valence-corrected chi connectivity index (χ3v) is 2.87. The Morgan fingerprint density at radius 2 is 1.86 bits per heavy atom. The molecule has 0 aliphatic heterocycles. The fraction of sp³-hybridized carbons (Fsp3) is 0.0769. The van der Waals surface area contributed by atoms with Crippen molar-refractivity contribution >= 4 is 23.1 Å². The first-order valence-electron chi connectivity index (χ1n) is 6.05. The smallest absolute Gasteiger partial charge is 0.287 e. The number of rotatable bonds is 4. The van der Waals surface area contributed by atoms with Crippen LogP contribution in [0.4, 0.5) is 17.2 Å². The first-order valence-corrected chi connectivity index (χ1v) is 6.05. The molecule has 2 aromatic rings. The third kappa shape index (κ3) is 3.20. The van der Waals surface area contributed by atoms with Crippen LogP contribution in [0.15, 0.2) is 36.5 Å². The zero-order chi connectivity index (χ0) is 16.3. The normalized spacial score (nSPS) is 10.0. The summed E-state index contributed by atoms with van der Waals surface area (Å²) in [5.41, 5.74) is 0.167. The van der Waals surface area contributed by atoms with Crippen LogP contribution < -0.4 is 5.32 Å². The van der Waals surface area contributed by atoms with Gasteiger partial charge in [0.25, 0.3) is 17.3 Å². The Balaban J connectivity index is 2.20. The number of carbonyl (C=O) groups excluding carboxylic acids is 1. The fourth-order valence-corrected chi connectivity index (χ4v) is 1.70. The van der Waals surface area contributed by atoms with Gasteiger partial charge in [-0.25, -0.2) is 4.98 Å². The second-order valence-electron chi connectivity index (χ2n) is 4.37. The van der Waals surface area contributed by atoms with E-state index >= 15 is 0 Å². The molecule has 9 nitrogen and oxygen atoms in total. The number of pyridine rings is 1. The first kappa shape index (κ1) is 15.0. The number of amides is 1. The molecule has 0 radical (unpaired) electrons. The Bertz CT molecular complexity index is 758. The number of benzene rings is 1. The van der Waals surface area contributed by atoms with Crippen LogP contribution in [0.25, 0.3) is 0 Å². The van der Waals surface area contributed by atoms with Gasteiger partial charge in [0, 0.05) is 23.3 Å². The van der Waals surface area contributed by atoms with Gasteiger partial charge in [0.2, 0.25) is 0 Å². The Labute approximate surface area is 123 Å². The van der Waals surface area contributed by atoms with Crippen LogP contribution in [0.5, 0.6) is 0 Å². The second kappa shape index (κ2) is 5.95. The molecule has 1 aromatic carbocycles. The quantitative estimate of drug-likeness (QED) is 0.682. The Morgan fingerprint density at radius 1 is 1.14 bits per heavy atom. The zero-order valence-electron chi connectivity index (χ0n) is 11.3. The largest absolute Gasteiger partial charge is 0.307 e. The minimum absolute atomic E-state index is 0.0949. The molecular formula is C13H10N4O5. The molecule has 0 unspecified atom stereocenters. The van der Waals surface area contributed by atoms with Gasteiger partial charge >= 0.3 is 0 Å². The second-order valence-corrected chi connectivity index (χ2v) is 4.37. The van der Waals surface area contributed by atoms with E-state index in [1.54, 1.807) is 6.92 Å². The van der Waals surface area contributed by atoms with Gasteiger partial charge in [0.15, 0.2) is 0 Å². The SMILES string of the molecule is Cc1ccc(C(=O)Nc2ccc([N+](=O)[O-])cn2)cc1[N+](=O)[O-]. The number of nitrogens with one attached hydrogen (secondary N) is 1. The van der Waals surface area contributed by atoms with Crippen LogP contribution >= 0.6 is 0 Å². The molecule has 0 atom stereocenters. The van der Waals surface area contributed by atoms with Gasteiger partial charge in [-0.3, -0.25) is 25.0 Å². The summed E-state index contributed by atoms with van der Waals surface area (Å²) in [5.74, 6) is -0.483. The van der Waals surface area contributed by atoms with Crippen LogP contribution in [-0.4, -0.2) is 20.7 Å². The first-order chi connectivity index (χ1) is 10.4. The molecule has 1 aromatic heterocycles. The Morgan fingerprint density at radius 3 is 2.41 bits per heavy atom. The van der Waals surface area contributed by atoms with E-state index < -0.39 is 15.8 Å². The topological polar surface area (TPSA) is 128 Å². The molecular weight excluding hydrogens is 292 g/mol. The highest BCUT2D eigenvalue weighted by Gasteiger charge is 2.15. The summed E-state index contributed by atoms with van der Waals surface area (Å²) < 4.78 is 0. The molecule has 0 saturated carbocycles. The van der Waals surface area contributed by atoms with Crippen LogP contribution in [0, 0.1) is 27.2 Å². The summed E-state index contributed by atoms with van der Waals surface area (Å²) >= 11 is 0. The number of aryl methyl sites for hydroxylation is 1. The lowest BCUT2D eigenvalue weighted by atomic mass is 10.1. The number of nitro benzene ring substituents is 1. The van der Waals surface area contributed by atoms with E-state index in [9.17, 15) is 25.0 Å². The summed E-state index contributed by atoms with van der Waals surface area (Å²) in [6.07, 6.45) is 1.01. The molecule has 0 bridgehead atoms. The van der Waals surface area contributed by atoms with Crippen LogP contribution in [-0.2, 0) is 0 Å². The van der Waals surface area contributed by atoms with Crippen molar-refractivity contribution in [1.82, 2.24) is 4.98 Å². The van der Waals surface area contributed by atoms with Crippen molar-refractivity contribution in [1.29, 1.82) is 0 Å². The van der Waals surface area contributed by atoms with Crippen molar-refractivity contribution in [2.24, 2.45) is 0 Å². The van der Waals surface area contributed by atoms with E-state index in [2.05, 4.69) is 10.3 Å². The van der Waals surface area contributed by atoms with Crippen molar-refractivity contribution in [2.75, 3.05) is 5.32 Å². The fourth-order valence-electron chi connectivity index (χ4n) is 1.70. The Hall–Kier alpha value is -3.36. The van der Waals surface area contributed by atoms with Crippen molar-refractivity contribution < 1.29 is 14.6 Å². The predicted octanol–water partition coefficient (Wildman–Crippen LogP) is 2.46. The summed E-state index contributed by atoms with van der Waals surface area (Å²) in [7, 11) is 0. The van der Waals surface area contributed by atoms with E-state index in [-0.39, 0.29) is 22.8 Å². The van der Waals surface area contributed by atoms with Gasteiger partial charge in [-0.15, -0.1) is 0 Å². The summed E-state index contributed by atoms with van der Waals surface area (Å²) in [5, 5.41) is 23.8. The van der Waals surface area contributed by atoms with Gasteiger partial charge in [0.1, 0.15) is 12.0 Å². The molecule has 0 spiro atoms. The molecule has 9 heteroatoms.